The van der Waals surface area contributed by atoms with Crippen LogP contribution in [0.5, 0.6) is 5.75 Å². The van der Waals surface area contributed by atoms with Gasteiger partial charge >= 0.3 is 6.61 Å². The standard InChI is InChI=1S/C19H22F2N2O3/c20-18(21)26-15-3-1-2-14(7-15)16(24)22-23-17(25)19-8-11-4-12(9-19)6-13(5-11)10-19/h1-3,7,11-13,18H,4-6,8-10H2,(H,22,24)(H,23,25). The van der Waals surface area contributed by atoms with Gasteiger partial charge in [0, 0.05) is 5.56 Å². The second-order valence-electron chi connectivity index (χ2n) is 8.01. The number of hydrogen-bond donors (Lipinski definition) is 2. The fourth-order valence-corrected chi connectivity index (χ4v) is 5.52. The van der Waals surface area contributed by atoms with Gasteiger partial charge in [-0.1, -0.05) is 6.07 Å². The highest BCUT2D eigenvalue weighted by Gasteiger charge is 2.54. The molecule has 5 nitrogen and oxygen atoms in total. The van der Waals surface area contributed by atoms with E-state index in [4.69, 9.17) is 0 Å². The first kappa shape index (κ1) is 17.2. The summed E-state index contributed by atoms with van der Waals surface area (Å²) in [5, 5.41) is 0. The van der Waals surface area contributed by atoms with E-state index in [1.165, 1.54) is 43.5 Å². The van der Waals surface area contributed by atoms with Crippen LogP contribution >= 0.6 is 0 Å². The van der Waals surface area contributed by atoms with Crippen molar-refractivity contribution < 1.29 is 23.1 Å². The fraction of sp³-hybridized carbons (Fsp3) is 0.579. The van der Waals surface area contributed by atoms with Gasteiger partial charge in [0.05, 0.1) is 5.41 Å². The van der Waals surface area contributed by atoms with E-state index < -0.39 is 12.5 Å². The number of alkyl halides is 2. The van der Waals surface area contributed by atoms with Crippen LogP contribution in [0.25, 0.3) is 0 Å². The third-order valence-electron chi connectivity index (χ3n) is 6.13. The van der Waals surface area contributed by atoms with Gasteiger partial charge in [-0.15, -0.1) is 0 Å². The molecule has 0 aromatic heterocycles. The normalized spacial score (nSPS) is 31.7. The summed E-state index contributed by atoms with van der Waals surface area (Å²) in [4.78, 5) is 25.0. The Morgan fingerprint density at radius 3 is 2.23 bits per heavy atom. The maximum atomic E-state index is 12.8. The van der Waals surface area contributed by atoms with Crippen molar-refractivity contribution in [2.45, 2.75) is 45.1 Å². The van der Waals surface area contributed by atoms with E-state index in [1.807, 2.05) is 0 Å². The molecule has 0 saturated heterocycles. The van der Waals surface area contributed by atoms with Crippen LogP contribution in [0.2, 0.25) is 0 Å². The van der Waals surface area contributed by atoms with Crippen LogP contribution in [0, 0.1) is 23.2 Å². The van der Waals surface area contributed by atoms with Crippen molar-refractivity contribution in [2.75, 3.05) is 0 Å². The van der Waals surface area contributed by atoms with Crippen LogP contribution in [0.4, 0.5) is 8.78 Å². The number of hydrogen-bond acceptors (Lipinski definition) is 3. The van der Waals surface area contributed by atoms with Crippen LogP contribution in [0.3, 0.4) is 0 Å². The van der Waals surface area contributed by atoms with E-state index in [1.54, 1.807) is 0 Å². The van der Waals surface area contributed by atoms with Crippen LogP contribution in [0.15, 0.2) is 24.3 Å². The van der Waals surface area contributed by atoms with E-state index in [2.05, 4.69) is 15.6 Å². The summed E-state index contributed by atoms with van der Waals surface area (Å²) in [5.41, 5.74) is 4.78. The molecule has 2 amide bonds. The van der Waals surface area contributed by atoms with Crippen molar-refractivity contribution in [3.63, 3.8) is 0 Å². The second kappa shape index (κ2) is 6.52. The SMILES string of the molecule is O=C(NNC(=O)C12CC3CC(CC(C3)C1)C2)c1cccc(OC(F)F)c1. The predicted octanol–water partition coefficient (Wildman–Crippen LogP) is 3.27. The van der Waals surface area contributed by atoms with Gasteiger partial charge in [0.15, 0.2) is 0 Å². The van der Waals surface area contributed by atoms with Crippen molar-refractivity contribution in [2.24, 2.45) is 23.2 Å². The molecule has 0 spiro atoms. The average Bonchev–Trinajstić information content (AvgIpc) is 2.57. The maximum Gasteiger partial charge on any atom is 0.387 e. The van der Waals surface area contributed by atoms with Crippen LogP contribution in [0.1, 0.15) is 48.9 Å². The number of hydrazine groups is 1. The van der Waals surface area contributed by atoms with Crippen LogP contribution < -0.4 is 15.6 Å². The van der Waals surface area contributed by atoms with Gasteiger partial charge in [-0.2, -0.15) is 8.78 Å². The number of carbonyl (C=O) groups excluding carboxylic acids is 2. The topological polar surface area (TPSA) is 67.4 Å². The summed E-state index contributed by atoms with van der Waals surface area (Å²) in [6.45, 7) is -2.95. The number of amides is 2. The van der Waals surface area contributed by atoms with Gasteiger partial charge < -0.3 is 4.74 Å². The largest absolute Gasteiger partial charge is 0.435 e. The van der Waals surface area contributed by atoms with Crippen LogP contribution in [-0.2, 0) is 4.79 Å². The molecule has 7 heteroatoms. The Balaban J connectivity index is 1.38. The Morgan fingerprint density at radius 1 is 1.04 bits per heavy atom. The zero-order chi connectivity index (χ0) is 18.3. The molecule has 4 aliphatic rings. The van der Waals surface area contributed by atoms with Crippen molar-refractivity contribution in [1.29, 1.82) is 0 Å². The highest BCUT2D eigenvalue weighted by Crippen LogP contribution is 2.60. The molecule has 5 rings (SSSR count). The lowest BCUT2D eigenvalue weighted by molar-refractivity contribution is -0.147. The number of nitrogens with one attached hydrogen (secondary N) is 2. The first-order valence-electron chi connectivity index (χ1n) is 9.09. The monoisotopic (exact) mass is 364 g/mol. The number of halogens is 2. The number of benzene rings is 1. The number of ether oxygens (including phenoxy) is 1. The molecule has 4 aliphatic carbocycles. The first-order chi connectivity index (χ1) is 12.4. The van der Waals surface area contributed by atoms with E-state index in [9.17, 15) is 18.4 Å². The van der Waals surface area contributed by atoms with Gasteiger partial charge in [-0.3, -0.25) is 20.4 Å². The van der Waals surface area contributed by atoms with E-state index in [0.29, 0.717) is 17.8 Å². The summed E-state index contributed by atoms with van der Waals surface area (Å²) in [7, 11) is 0. The van der Waals surface area contributed by atoms with Gasteiger partial charge in [-0.25, -0.2) is 0 Å². The quantitative estimate of drug-likeness (QED) is 0.806. The predicted molar refractivity (Wildman–Crippen MR) is 89.3 cm³/mol. The molecular formula is C19H22F2N2O3. The first-order valence-corrected chi connectivity index (χ1v) is 9.09. The maximum absolute atomic E-state index is 12.8. The molecule has 2 N–H and O–H groups in total. The van der Waals surface area contributed by atoms with E-state index in [0.717, 1.165) is 19.3 Å². The minimum absolute atomic E-state index is 0.0972. The molecule has 4 saturated carbocycles. The molecule has 140 valence electrons. The smallest absolute Gasteiger partial charge is 0.387 e. The highest BCUT2D eigenvalue weighted by molar-refractivity contribution is 5.96. The molecule has 0 heterocycles. The molecule has 0 unspecified atom stereocenters. The number of rotatable bonds is 4. The Kier molecular flexibility index (Phi) is 4.32. The molecule has 1 aromatic carbocycles. The fourth-order valence-electron chi connectivity index (χ4n) is 5.52. The average molecular weight is 364 g/mol. The lowest BCUT2D eigenvalue weighted by atomic mass is 9.49. The Morgan fingerprint density at radius 2 is 1.65 bits per heavy atom. The van der Waals surface area contributed by atoms with Crippen molar-refractivity contribution >= 4 is 11.8 Å². The van der Waals surface area contributed by atoms with E-state index >= 15 is 0 Å². The number of carbonyl (C=O) groups is 2. The molecule has 26 heavy (non-hydrogen) atoms. The second-order valence-corrected chi connectivity index (χ2v) is 8.01. The minimum Gasteiger partial charge on any atom is -0.435 e. The summed E-state index contributed by atoms with van der Waals surface area (Å²) in [6, 6.07) is 5.49. The summed E-state index contributed by atoms with van der Waals surface area (Å²) >= 11 is 0. The molecule has 4 fully saturated rings. The zero-order valence-corrected chi connectivity index (χ0v) is 14.3. The van der Waals surface area contributed by atoms with Crippen molar-refractivity contribution in [3.05, 3.63) is 29.8 Å². The van der Waals surface area contributed by atoms with Crippen molar-refractivity contribution in [3.8, 4) is 5.75 Å². The molecule has 1 aromatic rings. The highest BCUT2D eigenvalue weighted by atomic mass is 19.3. The Hall–Kier alpha value is -2.18. The molecular weight excluding hydrogens is 342 g/mol. The summed E-state index contributed by atoms with van der Waals surface area (Å²) in [6.07, 6.45) is 6.40. The van der Waals surface area contributed by atoms with E-state index in [-0.39, 0.29) is 22.6 Å². The van der Waals surface area contributed by atoms with Gasteiger partial charge in [0.25, 0.3) is 5.91 Å². The molecule has 0 aliphatic heterocycles. The Bertz CT molecular complexity index is 687. The van der Waals surface area contributed by atoms with Gasteiger partial charge in [-0.05, 0) is 74.5 Å². The van der Waals surface area contributed by atoms with Crippen LogP contribution in [-0.4, -0.2) is 18.4 Å². The lowest BCUT2D eigenvalue weighted by Gasteiger charge is -2.55. The third kappa shape index (κ3) is 3.27. The van der Waals surface area contributed by atoms with Gasteiger partial charge in [0.1, 0.15) is 5.75 Å². The third-order valence-corrected chi connectivity index (χ3v) is 6.13. The molecule has 0 atom stereocenters. The molecule has 0 radical (unpaired) electrons. The van der Waals surface area contributed by atoms with Gasteiger partial charge in [0.2, 0.25) is 5.91 Å². The lowest BCUT2D eigenvalue weighted by Crippen LogP contribution is -2.56. The summed E-state index contributed by atoms with van der Waals surface area (Å²) < 4.78 is 28.9. The van der Waals surface area contributed by atoms with Crippen molar-refractivity contribution in [1.82, 2.24) is 10.9 Å². The summed E-state index contributed by atoms with van der Waals surface area (Å²) in [5.74, 6) is 1.12. The minimum atomic E-state index is -2.95. The Labute approximate surface area is 150 Å². The zero-order valence-electron chi connectivity index (χ0n) is 14.3. The molecule has 4 bridgehead atoms.